The van der Waals surface area contributed by atoms with Gasteiger partial charge in [0.25, 0.3) is 5.56 Å². The van der Waals surface area contributed by atoms with Gasteiger partial charge in [-0.1, -0.05) is 19.3 Å². The molecule has 6 heteroatoms. The van der Waals surface area contributed by atoms with Gasteiger partial charge in [0.15, 0.2) is 5.52 Å². The third-order valence-corrected chi connectivity index (χ3v) is 4.39. The van der Waals surface area contributed by atoms with Gasteiger partial charge >= 0.3 is 5.69 Å². The minimum Gasteiger partial charge on any atom is -0.316 e. The van der Waals surface area contributed by atoms with Gasteiger partial charge in [0.1, 0.15) is 5.65 Å². The predicted molar refractivity (Wildman–Crippen MR) is 76.8 cm³/mol. The van der Waals surface area contributed by atoms with Gasteiger partial charge in [-0.2, -0.15) is 0 Å². The lowest BCUT2D eigenvalue weighted by Crippen LogP contribution is -2.37. The Morgan fingerprint density at radius 3 is 2.55 bits per heavy atom. The van der Waals surface area contributed by atoms with Gasteiger partial charge in [0.05, 0.1) is 6.33 Å². The summed E-state index contributed by atoms with van der Waals surface area (Å²) in [4.78, 5) is 28.3. The van der Waals surface area contributed by atoms with Crippen LogP contribution in [0.4, 0.5) is 0 Å². The van der Waals surface area contributed by atoms with Crippen molar-refractivity contribution in [3.05, 3.63) is 27.2 Å². The molecule has 2 aromatic heterocycles. The van der Waals surface area contributed by atoms with Crippen molar-refractivity contribution < 1.29 is 0 Å². The summed E-state index contributed by atoms with van der Waals surface area (Å²) in [5, 5.41) is 0. The molecule has 108 valence electrons. The van der Waals surface area contributed by atoms with E-state index in [1.165, 1.54) is 43.7 Å². The molecule has 0 saturated heterocycles. The molecule has 6 nitrogen and oxygen atoms in total. The smallest absolute Gasteiger partial charge is 0.316 e. The number of rotatable bonds is 2. The van der Waals surface area contributed by atoms with E-state index in [4.69, 9.17) is 0 Å². The highest BCUT2D eigenvalue weighted by atomic mass is 16.2. The summed E-state index contributed by atoms with van der Waals surface area (Å²) in [7, 11) is 3.19. The largest absolute Gasteiger partial charge is 0.332 e. The molecule has 1 aliphatic rings. The van der Waals surface area contributed by atoms with E-state index in [9.17, 15) is 9.59 Å². The lowest BCUT2D eigenvalue weighted by molar-refractivity contribution is 0.321. The van der Waals surface area contributed by atoms with Gasteiger partial charge in [0, 0.05) is 20.6 Å². The first kappa shape index (κ1) is 13.1. The number of hydrogen-bond donors (Lipinski definition) is 0. The average Bonchev–Trinajstić information content (AvgIpc) is 2.88. The van der Waals surface area contributed by atoms with E-state index in [0.717, 1.165) is 11.1 Å². The van der Waals surface area contributed by atoms with E-state index >= 15 is 0 Å². The minimum atomic E-state index is -0.314. The number of hydrogen-bond acceptors (Lipinski definition) is 3. The zero-order valence-corrected chi connectivity index (χ0v) is 12.0. The van der Waals surface area contributed by atoms with Crippen LogP contribution in [0.3, 0.4) is 0 Å². The number of aryl methyl sites for hydroxylation is 1. The first-order valence-corrected chi connectivity index (χ1v) is 7.20. The molecule has 0 aliphatic heterocycles. The molecule has 3 rings (SSSR count). The Kier molecular flexibility index (Phi) is 3.23. The van der Waals surface area contributed by atoms with Crippen LogP contribution >= 0.6 is 0 Å². The Morgan fingerprint density at radius 1 is 1.15 bits per heavy atom. The molecule has 0 aromatic carbocycles. The minimum absolute atomic E-state index is 0.298. The SMILES string of the molecule is Cn1c(=O)c2ncn(CC3CCCCC3)c2n(C)c1=O. The van der Waals surface area contributed by atoms with E-state index in [1.54, 1.807) is 13.4 Å². The Morgan fingerprint density at radius 2 is 1.85 bits per heavy atom. The van der Waals surface area contributed by atoms with Crippen LogP contribution in [0.15, 0.2) is 15.9 Å². The van der Waals surface area contributed by atoms with Crippen LogP contribution in [-0.2, 0) is 20.6 Å². The van der Waals surface area contributed by atoms with Crippen LogP contribution < -0.4 is 11.2 Å². The summed E-state index contributed by atoms with van der Waals surface area (Å²) in [5.74, 6) is 0.625. The number of aromatic nitrogens is 4. The quantitative estimate of drug-likeness (QED) is 0.822. The molecule has 0 atom stereocenters. The van der Waals surface area contributed by atoms with E-state index in [1.807, 2.05) is 4.57 Å². The number of imidazole rings is 1. The number of nitrogens with zero attached hydrogens (tertiary/aromatic N) is 4. The van der Waals surface area contributed by atoms with Crippen molar-refractivity contribution in [2.45, 2.75) is 38.6 Å². The van der Waals surface area contributed by atoms with Crippen LogP contribution in [0.2, 0.25) is 0 Å². The summed E-state index contributed by atoms with van der Waals surface area (Å²) >= 11 is 0. The van der Waals surface area contributed by atoms with Gasteiger partial charge in [0.2, 0.25) is 0 Å². The van der Waals surface area contributed by atoms with Crippen molar-refractivity contribution in [3.8, 4) is 0 Å². The van der Waals surface area contributed by atoms with Crippen LogP contribution in [0.25, 0.3) is 11.2 Å². The third-order valence-electron chi connectivity index (χ3n) is 4.39. The summed E-state index contributed by atoms with van der Waals surface area (Å²) in [6, 6.07) is 0. The molecular weight excluding hydrogens is 256 g/mol. The van der Waals surface area contributed by atoms with Crippen molar-refractivity contribution >= 4 is 11.2 Å². The second kappa shape index (κ2) is 4.92. The second-order valence-corrected chi connectivity index (χ2v) is 5.78. The summed E-state index contributed by atoms with van der Waals surface area (Å²) in [5.41, 5.74) is 0.410. The average molecular weight is 276 g/mol. The van der Waals surface area contributed by atoms with Gasteiger partial charge in [-0.15, -0.1) is 0 Å². The molecule has 2 aromatic rings. The standard InChI is InChI=1S/C14H20N4O2/c1-16-12-11(13(19)17(2)14(16)20)15-9-18(12)8-10-6-4-3-5-7-10/h9-10H,3-8H2,1-2H3. The molecular formula is C14H20N4O2. The van der Waals surface area contributed by atoms with Crippen LogP contribution in [0.5, 0.6) is 0 Å². The molecule has 0 radical (unpaired) electrons. The highest BCUT2D eigenvalue weighted by molar-refractivity contribution is 5.69. The molecule has 1 saturated carbocycles. The van der Waals surface area contributed by atoms with Gasteiger partial charge in [-0.05, 0) is 18.8 Å². The molecule has 1 fully saturated rings. The molecule has 0 N–H and O–H groups in total. The van der Waals surface area contributed by atoms with Gasteiger partial charge in [-0.25, -0.2) is 9.78 Å². The highest BCUT2D eigenvalue weighted by Gasteiger charge is 2.18. The lowest BCUT2D eigenvalue weighted by Gasteiger charge is -2.22. The topological polar surface area (TPSA) is 61.8 Å². The van der Waals surface area contributed by atoms with Crippen LogP contribution in [-0.4, -0.2) is 18.7 Å². The molecule has 20 heavy (non-hydrogen) atoms. The maximum absolute atomic E-state index is 12.1. The fourth-order valence-electron chi connectivity index (χ4n) is 3.22. The van der Waals surface area contributed by atoms with Crippen molar-refractivity contribution in [3.63, 3.8) is 0 Å². The van der Waals surface area contributed by atoms with Crippen molar-refractivity contribution in [1.82, 2.24) is 18.7 Å². The van der Waals surface area contributed by atoms with E-state index in [0.29, 0.717) is 17.1 Å². The van der Waals surface area contributed by atoms with Crippen molar-refractivity contribution in [2.75, 3.05) is 0 Å². The van der Waals surface area contributed by atoms with Gasteiger partial charge < -0.3 is 4.57 Å². The molecule has 0 bridgehead atoms. The number of fused-ring (bicyclic) bond motifs is 1. The Balaban J connectivity index is 2.09. The highest BCUT2D eigenvalue weighted by Crippen LogP contribution is 2.25. The van der Waals surface area contributed by atoms with E-state index in [2.05, 4.69) is 4.98 Å². The molecule has 2 heterocycles. The predicted octanol–water partition coefficient (Wildman–Crippen LogP) is 1.01. The monoisotopic (exact) mass is 276 g/mol. The zero-order valence-electron chi connectivity index (χ0n) is 12.0. The Labute approximate surface area is 116 Å². The molecule has 0 spiro atoms. The zero-order chi connectivity index (χ0) is 14.3. The first-order chi connectivity index (χ1) is 9.59. The summed E-state index contributed by atoms with van der Waals surface area (Å²) in [6.07, 6.45) is 8.01. The van der Waals surface area contributed by atoms with E-state index < -0.39 is 0 Å². The summed E-state index contributed by atoms with van der Waals surface area (Å²) in [6.45, 7) is 0.844. The Bertz CT molecular complexity index is 747. The van der Waals surface area contributed by atoms with Crippen LogP contribution in [0, 0.1) is 5.92 Å². The third kappa shape index (κ3) is 1.99. The van der Waals surface area contributed by atoms with Crippen molar-refractivity contribution in [1.29, 1.82) is 0 Å². The van der Waals surface area contributed by atoms with Gasteiger partial charge in [-0.3, -0.25) is 13.9 Å². The Hall–Kier alpha value is -1.85. The fraction of sp³-hybridized carbons (Fsp3) is 0.643. The first-order valence-electron chi connectivity index (χ1n) is 7.20. The second-order valence-electron chi connectivity index (χ2n) is 5.78. The van der Waals surface area contributed by atoms with Crippen LogP contribution in [0.1, 0.15) is 32.1 Å². The fourth-order valence-corrected chi connectivity index (χ4v) is 3.22. The van der Waals surface area contributed by atoms with Crippen molar-refractivity contribution in [2.24, 2.45) is 20.0 Å². The van der Waals surface area contributed by atoms with E-state index in [-0.39, 0.29) is 11.2 Å². The maximum atomic E-state index is 12.1. The normalized spacial score (nSPS) is 16.9. The summed E-state index contributed by atoms with van der Waals surface area (Å²) < 4.78 is 4.60. The maximum Gasteiger partial charge on any atom is 0.332 e. The molecule has 0 unspecified atom stereocenters. The lowest BCUT2D eigenvalue weighted by atomic mass is 9.89. The molecule has 1 aliphatic carbocycles. The molecule has 0 amide bonds.